The lowest BCUT2D eigenvalue weighted by molar-refractivity contribution is -0.117. The molecular weight excluding hydrogens is 330 g/mol. The highest BCUT2D eigenvalue weighted by Gasteiger charge is 2.29. The first-order valence-electron chi connectivity index (χ1n) is 8.71. The number of benzene rings is 2. The van der Waals surface area contributed by atoms with Gasteiger partial charge in [0, 0.05) is 19.4 Å². The van der Waals surface area contributed by atoms with E-state index in [4.69, 9.17) is 4.84 Å². The Morgan fingerprint density at radius 3 is 2.65 bits per heavy atom. The van der Waals surface area contributed by atoms with Gasteiger partial charge in [-0.2, -0.15) is 0 Å². The Labute approximate surface area is 151 Å². The molecule has 4 rings (SSSR count). The van der Waals surface area contributed by atoms with Gasteiger partial charge in [0.1, 0.15) is 5.71 Å². The van der Waals surface area contributed by atoms with Gasteiger partial charge in [-0.3, -0.25) is 9.59 Å². The monoisotopic (exact) mass is 349 g/mol. The number of amides is 2. The minimum absolute atomic E-state index is 0.0809. The zero-order chi connectivity index (χ0) is 17.9. The van der Waals surface area contributed by atoms with Crippen molar-refractivity contribution >= 4 is 28.9 Å². The molecule has 0 bridgehead atoms. The van der Waals surface area contributed by atoms with Crippen LogP contribution in [0.3, 0.4) is 0 Å². The number of anilines is 2. The number of para-hydroxylation sites is 2. The van der Waals surface area contributed by atoms with Gasteiger partial charge >= 0.3 is 0 Å². The average molecular weight is 349 g/mol. The zero-order valence-electron chi connectivity index (χ0n) is 14.2. The van der Waals surface area contributed by atoms with Gasteiger partial charge in [-0.1, -0.05) is 47.6 Å². The summed E-state index contributed by atoms with van der Waals surface area (Å²) in [6, 6.07) is 17.0. The van der Waals surface area contributed by atoms with E-state index < -0.39 is 0 Å². The Kier molecular flexibility index (Phi) is 4.39. The van der Waals surface area contributed by atoms with Crippen LogP contribution in [0.15, 0.2) is 59.8 Å². The van der Waals surface area contributed by atoms with E-state index in [9.17, 15) is 9.59 Å². The van der Waals surface area contributed by atoms with Crippen LogP contribution in [0.2, 0.25) is 0 Å². The Bertz CT molecular complexity index is 864. The molecule has 2 aliphatic rings. The van der Waals surface area contributed by atoms with Crippen LogP contribution in [-0.2, 0) is 14.4 Å². The van der Waals surface area contributed by atoms with Crippen molar-refractivity contribution in [3.63, 3.8) is 0 Å². The highest BCUT2D eigenvalue weighted by atomic mass is 16.6. The lowest BCUT2D eigenvalue weighted by Crippen LogP contribution is -2.27. The summed E-state index contributed by atoms with van der Waals surface area (Å²) < 4.78 is 0. The summed E-state index contributed by atoms with van der Waals surface area (Å²) in [6.07, 6.45) is 1.55. The van der Waals surface area contributed by atoms with Gasteiger partial charge in [0.25, 0.3) is 5.91 Å². The number of hydrogen-bond donors (Lipinski definition) is 1. The summed E-state index contributed by atoms with van der Waals surface area (Å²) in [7, 11) is 0. The standard InChI is InChI=1S/C20H19N3O3/c24-19-11-6-12-23(19)17-10-5-4-9-15(17)21-20(25)16-13-18(26-22-16)14-7-2-1-3-8-14/h1-5,7-10,18H,6,11-13H2,(H,21,25)/t18-/m0/s1. The van der Waals surface area contributed by atoms with E-state index >= 15 is 0 Å². The number of oxime groups is 1. The molecule has 2 aliphatic heterocycles. The summed E-state index contributed by atoms with van der Waals surface area (Å²) in [5.74, 6) is -0.222. The Hall–Kier alpha value is -3.15. The molecule has 0 aromatic heterocycles. The largest absolute Gasteiger partial charge is 0.387 e. The molecule has 0 aliphatic carbocycles. The molecular formula is C20H19N3O3. The molecule has 6 nitrogen and oxygen atoms in total. The molecule has 1 saturated heterocycles. The number of rotatable bonds is 4. The highest BCUT2D eigenvalue weighted by Crippen LogP contribution is 2.31. The van der Waals surface area contributed by atoms with Crippen LogP contribution in [0, 0.1) is 0 Å². The van der Waals surface area contributed by atoms with Crippen LogP contribution in [0.4, 0.5) is 11.4 Å². The van der Waals surface area contributed by atoms with E-state index in [1.54, 1.807) is 11.0 Å². The van der Waals surface area contributed by atoms with Crippen LogP contribution in [0.5, 0.6) is 0 Å². The zero-order valence-corrected chi connectivity index (χ0v) is 14.2. The van der Waals surface area contributed by atoms with Gasteiger partial charge in [-0.05, 0) is 24.1 Å². The van der Waals surface area contributed by atoms with Gasteiger partial charge in [0.05, 0.1) is 11.4 Å². The average Bonchev–Trinajstić information content (AvgIpc) is 3.32. The van der Waals surface area contributed by atoms with E-state index in [2.05, 4.69) is 10.5 Å². The van der Waals surface area contributed by atoms with Gasteiger partial charge < -0.3 is 15.1 Å². The van der Waals surface area contributed by atoms with E-state index in [0.717, 1.165) is 17.7 Å². The fourth-order valence-electron chi connectivity index (χ4n) is 3.27. The van der Waals surface area contributed by atoms with Crippen molar-refractivity contribution in [2.75, 3.05) is 16.8 Å². The molecule has 1 N–H and O–H groups in total. The molecule has 1 fully saturated rings. The van der Waals surface area contributed by atoms with Crippen molar-refractivity contribution in [2.45, 2.75) is 25.4 Å². The maximum atomic E-state index is 12.6. The molecule has 0 spiro atoms. The second-order valence-corrected chi connectivity index (χ2v) is 6.37. The topological polar surface area (TPSA) is 71.0 Å². The summed E-state index contributed by atoms with van der Waals surface area (Å²) in [5.41, 5.74) is 2.67. The molecule has 2 aromatic carbocycles. The number of nitrogens with zero attached hydrogens (tertiary/aromatic N) is 2. The van der Waals surface area contributed by atoms with Gasteiger partial charge in [-0.15, -0.1) is 0 Å². The molecule has 26 heavy (non-hydrogen) atoms. The third-order valence-corrected chi connectivity index (χ3v) is 4.62. The summed E-state index contributed by atoms with van der Waals surface area (Å²) in [4.78, 5) is 31.8. The second kappa shape index (κ2) is 7.00. The van der Waals surface area contributed by atoms with Gasteiger partial charge in [-0.25, -0.2) is 0 Å². The van der Waals surface area contributed by atoms with Crippen LogP contribution < -0.4 is 10.2 Å². The normalized spacial score (nSPS) is 19.2. The van der Waals surface area contributed by atoms with Gasteiger partial charge in [0.15, 0.2) is 6.10 Å². The molecule has 2 heterocycles. The quantitative estimate of drug-likeness (QED) is 0.921. The minimum Gasteiger partial charge on any atom is -0.387 e. The van der Waals surface area contributed by atoms with Crippen molar-refractivity contribution in [3.05, 3.63) is 60.2 Å². The number of carbonyl (C=O) groups excluding carboxylic acids is 2. The highest BCUT2D eigenvalue weighted by molar-refractivity contribution is 6.43. The Morgan fingerprint density at radius 1 is 1.12 bits per heavy atom. The number of hydrogen-bond acceptors (Lipinski definition) is 4. The Morgan fingerprint density at radius 2 is 1.88 bits per heavy atom. The van der Waals surface area contributed by atoms with Crippen LogP contribution >= 0.6 is 0 Å². The minimum atomic E-state index is -0.303. The summed E-state index contributed by atoms with van der Waals surface area (Å²) in [5, 5.41) is 6.83. The third kappa shape index (κ3) is 3.18. The maximum Gasteiger partial charge on any atom is 0.273 e. The van der Waals surface area contributed by atoms with E-state index in [1.165, 1.54) is 0 Å². The first-order chi connectivity index (χ1) is 12.7. The van der Waals surface area contributed by atoms with Gasteiger partial charge in [0.2, 0.25) is 5.91 Å². The van der Waals surface area contributed by atoms with Crippen molar-refractivity contribution in [1.82, 2.24) is 0 Å². The maximum absolute atomic E-state index is 12.6. The van der Waals surface area contributed by atoms with Crippen molar-refractivity contribution in [1.29, 1.82) is 0 Å². The summed E-state index contributed by atoms with van der Waals surface area (Å²) >= 11 is 0. The summed E-state index contributed by atoms with van der Waals surface area (Å²) in [6.45, 7) is 0.672. The molecule has 0 radical (unpaired) electrons. The lowest BCUT2D eigenvalue weighted by atomic mass is 10.0. The second-order valence-electron chi connectivity index (χ2n) is 6.37. The first-order valence-corrected chi connectivity index (χ1v) is 8.71. The van der Waals surface area contributed by atoms with Crippen molar-refractivity contribution in [2.24, 2.45) is 5.16 Å². The van der Waals surface area contributed by atoms with E-state index in [-0.39, 0.29) is 17.9 Å². The third-order valence-electron chi connectivity index (χ3n) is 4.62. The van der Waals surface area contributed by atoms with Crippen LogP contribution in [-0.4, -0.2) is 24.1 Å². The predicted molar refractivity (Wildman–Crippen MR) is 99.0 cm³/mol. The molecule has 1 atom stereocenters. The van der Waals surface area contributed by atoms with Crippen LogP contribution in [0.25, 0.3) is 0 Å². The number of carbonyl (C=O) groups is 2. The molecule has 0 unspecified atom stereocenters. The Balaban J connectivity index is 1.47. The van der Waals surface area contributed by atoms with Crippen molar-refractivity contribution in [3.8, 4) is 0 Å². The smallest absolute Gasteiger partial charge is 0.273 e. The molecule has 6 heteroatoms. The van der Waals surface area contributed by atoms with E-state index in [1.807, 2.05) is 48.5 Å². The fraction of sp³-hybridized carbons (Fsp3) is 0.250. The predicted octanol–water partition coefficient (Wildman–Crippen LogP) is 3.27. The first kappa shape index (κ1) is 16.3. The molecule has 132 valence electrons. The molecule has 0 saturated carbocycles. The SMILES string of the molecule is O=C(Nc1ccccc1N1CCCC1=O)C1=NO[C@H](c2ccccc2)C1. The molecule has 2 amide bonds. The number of nitrogens with one attached hydrogen (secondary N) is 1. The lowest BCUT2D eigenvalue weighted by Gasteiger charge is -2.19. The molecule has 2 aromatic rings. The van der Waals surface area contributed by atoms with Crippen molar-refractivity contribution < 1.29 is 14.4 Å². The van der Waals surface area contributed by atoms with Crippen LogP contribution in [0.1, 0.15) is 30.9 Å². The van der Waals surface area contributed by atoms with E-state index in [0.29, 0.717) is 30.8 Å². The fourth-order valence-corrected chi connectivity index (χ4v) is 3.27.